The van der Waals surface area contributed by atoms with Crippen LogP contribution in [0.4, 0.5) is 0 Å². The summed E-state index contributed by atoms with van der Waals surface area (Å²) in [5.74, 6) is -0.650. The van der Waals surface area contributed by atoms with Gasteiger partial charge in [0.05, 0.1) is 12.0 Å². The van der Waals surface area contributed by atoms with E-state index >= 15 is 0 Å². The van der Waals surface area contributed by atoms with Crippen molar-refractivity contribution in [2.45, 2.75) is 52.1 Å². The van der Waals surface area contributed by atoms with Crippen LogP contribution >= 0.6 is 0 Å². The normalized spacial score (nSPS) is 11.8. The van der Waals surface area contributed by atoms with E-state index in [1.54, 1.807) is 12.1 Å². The molecule has 0 aliphatic carbocycles. The number of aryl methyl sites for hydroxylation is 1. The molecule has 1 aromatic rings. The summed E-state index contributed by atoms with van der Waals surface area (Å²) in [6.07, 6.45) is 3.08. The summed E-state index contributed by atoms with van der Waals surface area (Å²) in [6, 6.07) is 7.38. The van der Waals surface area contributed by atoms with Gasteiger partial charge in [-0.1, -0.05) is 38.8 Å². The van der Waals surface area contributed by atoms with Gasteiger partial charge in [-0.25, -0.2) is 4.79 Å². The molecular weight excluding hydrogens is 294 g/mol. The van der Waals surface area contributed by atoms with Crippen LogP contribution in [0, 0.1) is 0 Å². The second kappa shape index (κ2) is 10.0. The average molecular weight is 321 g/mol. The van der Waals surface area contributed by atoms with Crippen molar-refractivity contribution in [2.24, 2.45) is 0 Å². The molecule has 0 aliphatic heterocycles. The molecule has 5 nitrogen and oxygen atoms in total. The van der Waals surface area contributed by atoms with Crippen LogP contribution in [0.15, 0.2) is 24.3 Å². The van der Waals surface area contributed by atoms with Crippen LogP contribution in [0.5, 0.6) is 0 Å². The molecule has 0 saturated carbocycles. The number of hydrogen-bond acceptors (Lipinski definition) is 4. The van der Waals surface area contributed by atoms with Crippen molar-refractivity contribution in [3.05, 3.63) is 35.4 Å². The van der Waals surface area contributed by atoms with Gasteiger partial charge in [0, 0.05) is 7.05 Å². The number of nitrogens with zero attached hydrogens (tertiary/aromatic N) is 1. The van der Waals surface area contributed by atoms with Crippen LogP contribution in [0.1, 0.15) is 55.5 Å². The van der Waals surface area contributed by atoms with Crippen LogP contribution in [-0.4, -0.2) is 41.8 Å². The Morgan fingerprint density at radius 3 is 2.35 bits per heavy atom. The van der Waals surface area contributed by atoms with Crippen molar-refractivity contribution >= 4 is 11.9 Å². The van der Waals surface area contributed by atoms with Crippen molar-refractivity contribution in [3.63, 3.8) is 0 Å². The van der Waals surface area contributed by atoms with E-state index < -0.39 is 12.1 Å². The van der Waals surface area contributed by atoms with Crippen molar-refractivity contribution < 1.29 is 19.4 Å². The third-order valence-corrected chi connectivity index (χ3v) is 3.65. The Hall–Kier alpha value is -1.88. The fraction of sp³-hybridized carbons (Fsp3) is 0.556. The lowest BCUT2D eigenvalue weighted by Crippen LogP contribution is -2.32. The predicted molar refractivity (Wildman–Crippen MR) is 89.0 cm³/mol. The maximum absolute atomic E-state index is 12.2. The number of benzene rings is 1. The molecule has 23 heavy (non-hydrogen) atoms. The molecule has 0 saturated heterocycles. The van der Waals surface area contributed by atoms with Crippen molar-refractivity contribution in [1.29, 1.82) is 0 Å². The molecule has 0 heterocycles. The first kappa shape index (κ1) is 19.2. The smallest absolute Gasteiger partial charge is 0.338 e. The highest BCUT2D eigenvalue weighted by Crippen LogP contribution is 2.14. The number of aliphatic hydroxyl groups is 1. The second-order valence-electron chi connectivity index (χ2n) is 5.70. The first-order valence-electron chi connectivity index (χ1n) is 8.16. The van der Waals surface area contributed by atoms with Crippen molar-refractivity contribution in [2.75, 3.05) is 13.8 Å². The van der Waals surface area contributed by atoms with Gasteiger partial charge in [-0.3, -0.25) is 4.79 Å². The predicted octanol–water partition coefficient (Wildman–Crippen LogP) is 2.76. The summed E-state index contributed by atoms with van der Waals surface area (Å²) in [6.45, 7) is 3.74. The lowest BCUT2D eigenvalue weighted by molar-refractivity contribution is -0.135. The Labute approximate surface area is 138 Å². The maximum Gasteiger partial charge on any atom is 0.338 e. The van der Waals surface area contributed by atoms with E-state index in [9.17, 15) is 9.59 Å². The van der Waals surface area contributed by atoms with Gasteiger partial charge in [0.1, 0.15) is 12.8 Å². The minimum atomic E-state index is -0.468. The zero-order valence-electron chi connectivity index (χ0n) is 14.2. The van der Waals surface area contributed by atoms with Crippen LogP contribution in [0.2, 0.25) is 0 Å². The Morgan fingerprint density at radius 1 is 1.17 bits per heavy atom. The van der Waals surface area contributed by atoms with E-state index in [0.717, 1.165) is 19.3 Å². The van der Waals surface area contributed by atoms with Crippen molar-refractivity contribution in [3.8, 4) is 0 Å². The van der Waals surface area contributed by atoms with E-state index in [1.165, 1.54) is 17.5 Å². The monoisotopic (exact) mass is 321 g/mol. The van der Waals surface area contributed by atoms with Crippen LogP contribution < -0.4 is 0 Å². The minimum absolute atomic E-state index is 0.0879. The topological polar surface area (TPSA) is 66.8 Å². The highest BCUT2D eigenvalue weighted by atomic mass is 16.5. The first-order chi connectivity index (χ1) is 11.0. The number of hydrogen-bond donors (Lipinski definition) is 1. The molecule has 1 atom stereocenters. The number of amides is 1. The van der Waals surface area contributed by atoms with Gasteiger partial charge in [-0.05, 0) is 30.5 Å². The van der Waals surface area contributed by atoms with E-state index in [1.807, 2.05) is 19.1 Å². The largest absolute Gasteiger partial charge is 0.458 e. The first-order valence-corrected chi connectivity index (χ1v) is 8.16. The standard InChI is InChI=1S/C18H27NO4/c1-4-6-14-8-10-15(11-9-14)18(22)23-16(7-5-2)12-17(21)19(3)13-20/h8-11,16,20H,4-7,12-13H2,1-3H3. The summed E-state index contributed by atoms with van der Waals surface area (Å²) in [5, 5.41) is 8.97. The molecule has 0 fully saturated rings. The summed E-state index contributed by atoms with van der Waals surface area (Å²) in [4.78, 5) is 25.3. The van der Waals surface area contributed by atoms with E-state index in [-0.39, 0.29) is 19.1 Å². The number of aliphatic hydroxyl groups excluding tert-OH is 1. The van der Waals surface area contributed by atoms with E-state index in [4.69, 9.17) is 9.84 Å². The molecule has 128 valence electrons. The fourth-order valence-corrected chi connectivity index (χ4v) is 2.27. The summed E-state index contributed by atoms with van der Waals surface area (Å²) < 4.78 is 5.47. The summed E-state index contributed by atoms with van der Waals surface area (Å²) in [5.41, 5.74) is 1.68. The lowest BCUT2D eigenvalue weighted by atomic mass is 10.1. The Kier molecular flexibility index (Phi) is 8.33. The Balaban J connectivity index is 2.67. The zero-order valence-corrected chi connectivity index (χ0v) is 14.2. The molecular formula is C18H27NO4. The summed E-state index contributed by atoms with van der Waals surface area (Å²) in [7, 11) is 1.51. The number of esters is 1. The quantitative estimate of drug-likeness (QED) is 0.561. The number of carbonyl (C=O) groups is 2. The third-order valence-electron chi connectivity index (χ3n) is 3.65. The van der Waals surface area contributed by atoms with Gasteiger partial charge in [0.2, 0.25) is 5.91 Å². The Bertz CT molecular complexity index is 498. The molecule has 1 N–H and O–H groups in total. The molecule has 5 heteroatoms. The van der Waals surface area contributed by atoms with Gasteiger partial charge in [0.15, 0.2) is 0 Å². The van der Waals surface area contributed by atoms with E-state index in [2.05, 4.69) is 6.92 Å². The molecule has 1 rings (SSSR count). The van der Waals surface area contributed by atoms with Crippen molar-refractivity contribution in [1.82, 2.24) is 4.90 Å². The molecule has 0 aliphatic rings. The molecule has 1 amide bonds. The Morgan fingerprint density at radius 2 is 1.83 bits per heavy atom. The number of carbonyl (C=O) groups excluding carboxylic acids is 2. The van der Waals surface area contributed by atoms with Crippen LogP contribution in [-0.2, 0) is 16.0 Å². The van der Waals surface area contributed by atoms with Gasteiger partial charge < -0.3 is 14.7 Å². The molecule has 1 unspecified atom stereocenters. The van der Waals surface area contributed by atoms with Gasteiger partial charge in [-0.2, -0.15) is 0 Å². The van der Waals surface area contributed by atoms with Crippen LogP contribution in [0.25, 0.3) is 0 Å². The lowest BCUT2D eigenvalue weighted by Gasteiger charge is -2.20. The highest BCUT2D eigenvalue weighted by molar-refractivity contribution is 5.89. The van der Waals surface area contributed by atoms with Gasteiger partial charge >= 0.3 is 5.97 Å². The SMILES string of the molecule is CCCc1ccc(C(=O)OC(CCC)CC(=O)N(C)CO)cc1. The number of rotatable bonds is 9. The molecule has 0 spiro atoms. The van der Waals surface area contributed by atoms with Gasteiger partial charge in [-0.15, -0.1) is 0 Å². The summed E-state index contributed by atoms with van der Waals surface area (Å²) >= 11 is 0. The zero-order chi connectivity index (χ0) is 17.2. The van der Waals surface area contributed by atoms with E-state index in [0.29, 0.717) is 12.0 Å². The number of ether oxygens (including phenoxy) is 1. The minimum Gasteiger partial charge on any atom is -0.458 e. The third kappa shape index (κ3) is 6.40. The molecule has 0 aromatic heterocycles. The maximum atomic E-state index is 12.2. The molecule has 0 bridgehead atoms. The average Bonchev–Trinajstić information content (AvgIpc) is 2.55. The van der Waals surface area contributed by atoms with Gasteiger partial charge in [0.25, 0.3) is 0 Å². The molecule has 1 aromatic carbocycles. The fourth-order valence-electron chi connectivity index (χ4n) is 2.27. The van der Waals surface area contributed by atoms with Crippen LogP contribution in [0.3, 0.4) is 0 Å². The second-order valence-corrected chi connectivity index (χ2v) is 5.70. The highest BCUT2D eigenvalue weighted by Gasteiger charge is 2.20. The molecule has 0 radical (unpaired) electrons.